The third-order valence-electron chi connectivity index (χ3n) is 3.08. The number of ether oxygens (including phenoxy) is 1. The van der Waals surface area contributed by atoms with Gasteiger partial charge in [0.15, 0.2) is 5.96 Å². The second-order valence-corrected chi connectivity index (χ2v) is 4.68. The summed E-state index contributed by atoms with van der Waals surface area (Å²) < 4.78 is 5.67. The van der Waals surface area contributed by atoms with E-state index in [-0.39, 0.29) is 24.0 Å². The highest BCUT2D eigenvalue weighted by atomic mass is 127. The van der Waals surface area contributed by atoms with Crippen LogP contribution in [0.3, 0.4) is 0 Å². The molecule has 1 rings (SSSR count). The maximum Gasteiger partial charge on any atom is 0.188 e. The molecule has 0 aromatic rings. The standard InChI is InChI=1S/C13H27N3O.HI/c1-2-3-9-15-13(14)16-10-6-8-12-7-4-5-11-17-12;/h12H,2-11H2,1H3,(H3,14,15,16);1H. The summed E-state index contributed by atoms with van der Waals surface area (Å²) in [6.45, 7) is 4.84. The SMILES string of the molecule is CCCCNC(N)=NCCCC1CCCCO1.I. The van der Waals surface area contributed by atoms with Crippen LogP contribution in [0, 0.1) is 0 Å². The zero-order valence-electron chi connectivity index (χ0n) is 11.5. The van der Waals surface area contributed by atoms with E-state index in [4.69, 9.17) is 10.5 Å². The fourth-order valence-electron chi connectivity index (χ4n) is 2.00. The van der Waals surface area contributed by atoms with Crippen molar-refractivity contribution in [2.24, 2.45) is 10.7 Å². The highest BCUT2D eigenvalue weighted by Crippen LogP contribution is 2.16. The number of rotatable bonds is 7. The van der Waals surface area contributed by atoms with E-state index in [0.29, 0.717) is 12.1 Å². The van der Waals surface area contributed by atoms with Crippen molar-refractivity contribution in [2.75, 3.05) is 19.7 Å². The summed E-state index contributed by atoms with van der Waals surface area (Å²) in [5.41, 5.74) is 5.74. The summed E-state index contributed by atoms with van der Waals surface area (Å²) in [6, 6.07) is 0. The van der Waals surface area contributed by atoms with Gasteiger partial charge in [0.05, 0.1) is 6.10 Å². The molecule has 1 fully saturated rings. The van der Waals surface area contributed by atoms with E-state index >= 15 is 0 Å². The topological polar surface area (TPSA) is 59.6 Å². The number of guanidine groups is 1. The van der Waals surface area contributed by atoms with Gasteiger partial charge in [-0.1, -0.05) is 13.3 Å². The molecule has 1 unspecified atom stereocenters. The summed E-state index contributed by atoms with van der Waals surface area (Å²) in [5, 5.41) is 3.12. The molecular formula is C13H28IN3O. The van der Waals surface area contributed by atoms with Gasteiger partial charge in [0, 0.05) is 19.7 Å². The molecule has 1 heterocycles. The van der Waals surface area contributed by atoms with Crippen LogP contribution in [0.25, 0.3) is 0 Å². The molecule has 0 aromatic heterocycles. The molecule has 0 bridgehead atoms. The predicted octanol–water partition coefficient (Wildman–Crippen LogP) is 2.66. The minimum Gasteiger partial charge on any atom is -0.378 e. The van der Waals surface area contributed by atoms with Gasteiger partial charge in [-0.25, -0.2) is 0 Å². The summed E-state index contributed by atoms with van der Waals surface area (Å²) >= 11 is 0. The second kappa shape index (κ2) is 12.0. The van der Waals surface area contributed by atoms with Crippen LogP contribution in [0.15, 0.2) is 4.99 Å². The van der Waals surface area contributed by atoms with Crippen LogP contribution in [-0.4, -0.2) is 31.8 Å². The van der Waals surface area contributed by atoms with E-state index in [1.165, 1.54) is 25.7 Å². The molecule has 0 aliphatic carbocycles. The van der Waals surface area contributed by atoms with E-state index in [1.54, 1.807) is 0 Å². The minimum absolute atomic E-state index is 0. The molecule has 108 valence electrons. The van der Waals surface area contributed by atoms with Gasteiger partial charge in [-0.15, -0.1) is 24.0 Å². The molecule has 3 N–H and O–H groups in total. The Balaban J connectivity index is 0.00000289. The Kier molecular flexibility index (Phi) is 12.0. The van der Waals surface area contributed by atoms with Gasteiger partial charge in [-0.05, 0) is 38.5 Å². The first-order valence-corrected chi connectivity index (χ1v) is 6.98. The van der Waals surface area contributed by atoms with Gasteiger partial charge in [-0.3, -0.25) is 4.99 Å². The van der Waals surface area contributed by atoms with Gasteiger partial charge < -0.3 is 15.8 Å². The van der Waals surface area contributed by atoms with Crippen molar-refractivity contribution in [1.29, 1.82) is 0 Å². The maximum absolute atomic E-state index is 5.74. The molecule has 18 heavy (non-hydrogen) atoms. The van der Waals surface area contributed by atoms with Crippen LogP contribution in [0.1, 0.15) is 51.9 Å². The molecule has 1 aliphatic rings. The van der Waals surface area contributed by atoms with E-state index in [9.17, 15) is 0 Å². The molecule has 0 spiro atoms. The molecule has 4 nitrogen and oxygen atoms in total. The third kappa shape index (κ3) is 8.97. The Morgan fingerprint density at radius 3 is 2.89 bits per heavy atom. The van der Waals surface area contributed by atoms with E-state index in [0.717, 1.165) is 39.0 Å². The first kappa shape index (κ1) is 18.0. The quantitative estimate of drug-likeness (QED) is 0.314. The first-order chi connectivity index (χ1) is 8.33. The summed E-state index contributed by atoms with van der Waals surface area (Å²) in [4.78, 5) is 4.31. The number of aliphatic imine (C=N–C) groups is 1. The highest BCUT2D eigenvalue weighted by molar-refractivity contribution is 14.0. The summed E-state index contributed by atoms with van der Waals surface area (Å²) in [6.07, 6.45) is 8.73. The third-order valence-corrected chi connectivity index (χ3v) is 3.08. The van der Waals surface area contributed by atoms with Crippen LogP contribution in [0.2, 0.25) is 0 Å². The Hall–Kier alpha value is -0.0400. The lowest BCUT2D eigenvalue weighted by molar-refractivity contribution is 0.0105. The van der Waals surface area contributed by atoms with Crippen molar-refractivity contribution in [3.05, 3.63) is 0 Å². The number of unbranched alkanes of at least 4 members (excludes halogenated alkanes) is 1. The molecule has 0 radical (unpaired) electrons. The van der Waals surface area contributed by atoms with E-state index < -0.39 is 0 Å². The zero-order valence-corrected chi connectivity index (χ0v) is 13.8. The van der Waals surface area contributed by atoms with E-state index in [1.807, 2.05) is 0 Å². The van der Waals surface area contributed by atoms with E-state index in [2.05, 4.69) is 17.2 Å². The number of halogens is 1. The summed E-state index contributed by atoms with van der Waals surface area (Å²) in [7, 11) is 0. The lowest BCUT2D eigenvalue weighted by Gasteiger charge is -2.22. The first-order valence-electron chi connectivity index (χ1n) is 6.98. The molecule has 1 saturated heterocycles. The van der Waals surface area contributed by atoms with Crippen molar-refractivity contribution in [2.45, 2.75) is 58.0 Å². The molecule has 0 aromatic carbocycles. The monoisotopic (exact) mass is 369 g/mol. The fraction of sp³-hybridized carbons (Fsp3) is 0.923. The fourth-order valence-corrected chi connectivity index (χ4v) is 2.00. The molecule has 1 atom stereocenters. The second-order valence-electron chi connectivity index (χ2n) is 4.68. The van der Waals surface area contributed by atoms with Crippen molar-refractivity contribution in [3.63, 3.8) is 0 Å². The molecule has 0 saturated carbocycles. The number of nitrogens with two attached hydrogens (primary N) is 1. The largest absolute Gasteiger partial charge is 0.378 e. The van der Waals surface area contributed by atoms with Crippen molar-refractivity contribution in [1.82, 2.24) is 5.32 Å². The van der Waals surface area contributed by atoms with Crippen molar-refractivity contribution < 1.29 is 4.74 Å². The van der Waals surface area contributed by atoms with Gasteiger partial charge in [0.1, 0.15) is 0 Å². The molecule has 1 aliphatic heterocycles. The van der Waals surface area contributed by atoms with Crippen LogP contribution < -0.4 is 11.1 Å². The molecule has 0 amide bonds. The predicted molar refractivity (Wildman–Crippen MR) is 87.6 cm³/mol. The van der Waals surface area contributed by atoms with Gasteiger partial charge in [-0.2, -0.15) is 0 Å². The van der Waals surface area contributed by atoms with Crippen molar-refractivity contribution >= 4 is 29.9 Å². The normalized spacial score (nSPS) is 20.3. The highest BCUT2D eigenvalue weighted by Gasteiger charge is 2.12. The smallest absolute Gasteiger partial charge is 0.188 e. The Morgan fingerprint density at radius 2 is 2.22 bits per heavy atom. The molecule has 5 heteroatoms. The lowest BCUT2D eigenvalue weighted by Crippen LogP contribution is -2.32. The Bertz CT molecular complexity index is 218. The van der Waals surface area contributed by atoms with Gasteiger partial charge in [0.25, 0.3) is 0 Å². The van der Waals surface area contributed by atoms with Crippen LogP contribution in [0.4, 0.5) is 0 Å². The minimum atomic E-state index is 0. The average Bonchev–Trinajstić information content (AvgIpc) is 2.36. The number of nitrogens with one attached hydrogen (secondary N) is 1. The average molecular weight is 369 g/mol. The summed E-state index contributed by atoms with van der Waals surface area (Å²) in [5.74, 6) is 0.586. The van der Waals surface area contributed by atoms with Crippen LogP contribution in [-0.2, 0) is 4.74 Å². The number of hydrogen-bond donors (Lipinski definition) is 2. The van der Waals surface area contributed by atoms with Gasteiger partial charge >= 0.3 is 0 Å². The lowest BCUT2D eigenvalue weighted by atomic mass is 10.1. The molecular weight excluding hydrogens is 341 g/mol. The van der Waals surface area contributed by atoms with Gasteiger partial charge in [0.2, 0.25) is 0 Å². The zero-order chi connectivity index (χ0) is 12.3. The number of hydrogen-bond acceptors (Lipinski definition) is 2. The Morgan fingerprint density at radius 1 is 1.39 bits per heavy atom. The maximum atomic E-state index is 5.74. The van der Waals surface area contributed by atoms with Crippen LogP contribution >= 0.6 is 24.0 Å². The van der Waals surface area contributed by atoms with Crippen LogP contribution in [0.5, 0.6) is 0 Å². The van der Waals surface area contributed by atoms with Crippen molar-refractivity contribution in [3.8, 4) is 0 Å². The number of nitrogens with zero attached hydrogens (tertiary/aromatic N) is 1. The Labute approximate surface area is 128 Å².